The molecule has 2 aromatic rings. The van der Waals surface area contributed by atoms with Gasteiger partial charge < -0.3 is 14.8 Å². The Morgan fingerprint density at radius 3 is 2.15 bits per heavy atom. The van der Waals surface area contributed by atoms with Crippen LogP contribution in [0.2, 0.25) is 0 Å². The molecule has 6 unspecified atom stereocenters. The van der Waals surface area contributed by atoms with Crippen molar-refractivity contribution in [1.82, 2.24) is 19.7 Å². The van der Waals surface area contributed by atoms with E-state index in [1.54, 1.807) is 0 Å². The van der Waals surface area contributed by atoms with Gasteiger partial charge in [0.05, 0.1) is 6.17 Å². The van der Waals surface area contributed by atoms with E-state index in [4.69, 9.17) is 0 Å². The van der Waals surface area contributed by atoms with E-state index in [1.165, 1.54) is 61.4 Å². The molecule has 0 saturated carbocycles. The van der Waals surface area contributed by atoms with E-state index < -0.39 is 0 Å². The Hall–Kier alpha value is -2.11. The number of nitrogens with one attached hydrogen (secondary N) is 1. The van der Waals surface area contributed by atoms with E-state index in [-0.39, 0.29) is 12.1 Å². The van der Waals surface area contributed by atoms with Crippen LogP contribution in [0.3, 0.4) is 0 Å². The van der Waals surface area contributed by atoms with Crippen molar-refractivity contribution in [3.8, 4) is 5.69 Å². The van der Waals surface area contributed by atoms with Crippen LogP contribution in [0.25, 0.3) is 5.69 Å². The summed E-state index contributed by atoms with van der Waals surface area (Å²) in [6, 6.07) is 10.7. The summed E-state index contributed by atoms with van der Waals surface area (Å²) < 4.78 is 2.41. The Labute approximate surface area is 237 Å². The summed E-state index contributed by atoms with van der Waals surface area (Å²) in [7, 11) is 0. The molecule has 6 atom stereocenters. The molecular weight excluding hydrogens is 480 g/mol. The number of aromatic nitrogens is 1. The number of fused-ring (bicyclic) bond motifs is 1. The van der Waals surface area contributed by atoms with Gasteiger partial charge in [0, 0.05) is 55.4 Å². The molecule has 1 N–H and O–H groups in total. The lowest BCUT2D eigenvalue weighted by molar-refractivity contribution is 0.0519. The number of rotatable bonds is 7. The van der Waals surface area contributed by atoms with Crippen LogP contribution in [0, 0.1) is 36.5 Å². The largest absolute Gasteiger partial charge is 0.336 e. The van der Waals surface area contributed by atoms with E-state index in [0.717, 1.165) is 55.8 Å². The predicted octanol–water partition coefficient (Wildman–Crippen LogP) is 6.31. The first kappa shape index (κ1) is 28.4. The van der Waals surface area contributed by atoms with E-state index in [2.05, 4.69) is 79.4 Å². The first-order chi connectivity index (χ1) is 18.7. The Bertz CT molecular complexity index is 1100. The maximum absolute atomic E-state index is 13.6. The van der Waals surface area contributed by atoms with E-state index in [1.807, 2.05) is 12.1 Å². The maximum atomic E-state index is 13.6. The molecule has 39 heavy (non-hydrogen) atoms. The number of carbonyl (C=O) groups excluding carboxylic acids is 1. The minimum atomic E-state index is 0.0536. The van der Waals surface area contributed by atoms with Crippen molar-refractivity contribution in [2.45, 2.75) is 86.2 Å². The summed E-state index contributed by atoms with van der Waals surface area (Å²) in [5.41, 5.74) is 6.18. The van der Waals surface area contributed by atoms with Crippen molar-refractivity contribution in [2.75, 3.05) is 32.7 Å². The summed E-state index contributed by atoms with van der Waals surface area (Å²) in [5, 5.41) is 3.48. The Kier molecular flexibility index (Phi) is 8.88. The van der Waals surface area contributed by atoms with Gasteiger partial charge in [0.2, 0.25) is 0 Å². The van der Waals surface area contributed by atoms with Gasteiger partial charge in [-0.3, -0.25) is 9.69 Å². The zero-order valence-electron chi connectivity index (χ0n) is 25.4. The zero-order valence-corrected chi connectivity index (χ0v) is 25.4. The average Bonchev–Trinajstić information content (AvgIpc) is 3.20. The van der Waals surface area contributed by atoms with E-state index in [0.29, 0.717) is 11.8 Å². The third-order valence-electron chi connectivity index (χ3n) is 9.51. The highest BCUT2D eigenvalue weighted by atomic mass is 16.1. The molecule has 2 aliphatic heterocycles. The molecule has 0 radical (unpaired) electrons. The molecule has 1 amide bonds. The van der Waals surface area contributed by atoms with Gasteiger partial charge in [-0.1, -0.05) is 34.6 Å². The second-order valence-corrected chi connectivity index (χ2v) is 13.9. The quantitative estimate of drug-likeness (QED) is 0.454. The molecule has 2 fully saturated rings. The predicted molar refractivity (Wildman–Crippen MR) is 161 cm³/mol. The number of likely N-dealkylation sites (tertiary alicyclic amines) is 2. The SMILES string of the molecule is Cc1cc2c(n1-c1ccc(C(=O)NC(CCN3CC(C)CC(C)C3)N3CC(C)CC(C)C3)cc1)CCC(C)C2. The number of aryl methyl sites for hydroxylation is 1. The molecule has 0 spiro atoms. The van der Waals surface area contributed by atoms with Crippen molar-refractivity contribution in [3.63, 3.8) is 0 Å². The highest BCUT2D eigenvalue weighted by molar-refractivity contribution is 5.94. The number of nitrogens with zero attached hydrogens (tertiary/aromatic N) is 3. The molecule has 3 heterocycles. The number of carbonyl (C=O) groups is 1. The van der Waals surface area contributed by atoms with Crippen LogP contribution in [0.5, 0.6) is 0 Å². The van der Waals surface area contributed by atoms with Crippen LogP contribution in [-0.2, 0) is 12.8 Å². The van der Waals surface area contributed by atoms with Gasteiger partial charge in [0.15, 0.2) is 0 Å². The van der Waals surface area contributed by atoms with Gasteiger partial charge in [-0.05, 0) is 111 Å². The van der Waals surface area contributed by atoms with Crippen molar-refractivity contribution in [2.24, 2.45) is 29.6 Å². The van der Waals surface area contributed by atoms with Crippen LogP contribution in [0.15, 0.2) is 30.3 Å². The van der Waals surface area contributed by atoms with Gasteiger partial charge >= 0.3 is 0 Å². The fourth-order valence-corrected chi connectivity index (χ4v) is 8.01. The van der Waals surface area contributed by atoms with Crippen LogP contribution in [0.4, 0.5) is 0 Å². The normalized spacial score (nSPS) is 29.1. The van der Waals surface area contributed by atoms with Gasteiger partial charge in [0.25, 0.3) is 5.91 Å². The van der Waals surface area contributed by atoms with Gasteiger partial charge in [0.1, 0.15) is 0 Å². The molecule has 1 aromatic heterocycles. The monoisotopic (exact) mass is 532 g/mol. The molecule has 2 saturated heterocycles. The van der Waals surface area contributed by atoms with Crippen molar-refractivity contribution in [3.05, 3.63) is 52.8 Å². The van der Waals surface area contributed by atoms with Crippen LogP contribution in [0.1, 0.15) is 87.6 Å². The van der Waals surface area contributed by atoms with Crippen molar-refractivity contribution < 1.29 is 4.79 Å². The van der Waals surface area contributed by atoms with Gasteiger partial charge in [-0.15, -0.1) is 0 Å². The molecule has 0 bridgehead atoms. The third-order valence-corrected chi connectivity index (χ3v) is 9.51. The Balaban J connectivity index is 1.29. The lowest BCUT2D eigenvalue weighted by Gasteiger charge is -2.42. The van der Waals surface area contributed by atoms with Crippen LogP contribution in [-0.4, -0.2) is 59.2 Å². The minimum Gasteiger partial charge on any atom is -0.336 e. The molecule has 1 aromatic carbocycles. The lowest BCUT2D eigenvalue weighted by atomic mass is 9.89. The smallest absolute Gasteiger partial charge is 0.252 e. The van der Waals surface area contributed by atoms with Crippen LogP contribution < -0.4 is 5.32 Å². The van der Waals surface area contributed by atoms with Gasteiger partial charge in [-0.2, -0.15) is 0 Å². The van der Waals surface area contributed by atoms with Crippen molar-refractivity contribution >= 4 is 5.91 Å². The molecule has 5 heteroatoms. The lowest BCUT2D eigenvalue weighted by Crippen LogP contribution is -2.54. The minimum absolute atomic E-state index is 0.0536. The highest BCUT2D eigenvalue weighted by Crippen LogP contribution is 2.31. The number of amides is 1. The second kappa shape index (κ2) is 12.2. The first-order valence-corrected chi connectivity index (χ1v) is 15.7. The zero-order chi connectivity index (χ0) is 27.7. The number of piperidine rings is 2. The standard InChI is InChI=1S/C34H52N4O/c1-23-7-12-32-30(17-23)18-28(6)38(32)31-10-8-29(9-11-31)34(39)35-33(37-21-26(4)16-27(5)22-37)13-14-36-19-24(2)15-25(3)20-36/h8-11,18,23-27,33H,7,12-17,19-22H2,1-6H3,(H,35,39). The Morgan fingerprint density at radius 2 is 1.51 bits per heavy atom. The maximum Gasteiger partial charge on any atom is 0.252 e. The first-order valence-electron chi connectivity index (χ1n) is 15.7. The summed E-state index contributed by atoms with van der Waals surface area (Å²) >= 11 is 0. The number of benzene rings is 1. The fourth-order valence-electron chi connectivity index (χ4n) is 8.01. The van der Waals surface area contributed by atoms with E-state index >= 15 is 0 Å². The van der Waals surface area contributed by atoms with E-state index in [9.17, 15) is 4.79 Å². The summed E-state index contributed by atoms with van der Waals surface area (Å²) in [5.74, 6) is 3.67. The average molecular weight is 533 g/mol. The Morgan fingerprint density at radius 1 is 0.897 bits per heavy atom. The summed E-state index contributed by atoms with van der Waals surface area (Å²) in [6.07, 6.45) is 7.23. The molecule has 5 nitrogen and oxygen atoms in total. The van der Waals surface area contributed by atoms with Crippen LogP contribution >= 0.6 is 0 Å². The molecule has 1 aliphatic carbocycles. The number of hydrogen-bond acceptors (Lipinski definition) is 3. The highest BCUT2D eigenvalue weighted by Gasteiger charge is 2.30. The molecule has 214 valence electrons. The summed E-state index contributed by atoms with van der Waals surface area (Å²) in [6.45, 7) is 19.6. The molecule has 5 rings (SSSR count). The van der Waals surface area contributed by atoms with Gasteiger partial charge in [-0.25, -0.2) is 0 Å². The fraction of sp³-hybridized carbons (Fsp3) is 0.676. The number of hydrogen-bond donors (Lipinski definition) is 1. The second-order valence-electron chi connectivity index (χ2n) is 13.9. The summed E-state index contributed by atoms with van der Waals surface area (Å²) in [4.78, 5) is 18.8. The third kappa shape index (κ3) is 6.79. The molecular formula is C34H52N4O. The van der Waals surface area contributed by atoms with Crippen molar-refractivity contribution in [1.29, 1.82) is 0 Å². The topological polar surface area (TPSA) is 40.5 Å². The molecule has 3 aliphatic rings.